The van der Waals surface area contributed by atoms with Crippen LogP contribution in [0.3, 0.4) is 0 Å². The van der Waals surface area contributed by atoms with Gasteiger partial charge in [0, 0.05) is 55.4 Å². The topological polar surface area (TPSA) is 86.0 Å². The fraction of sp³-hybridized carbons (Fsp3) is 0.240. The molecule has 0 spiro atoms. The molecule has 0 saturated carbocycles. The van der Waals surface area contributed by atoms with Gasteiger partial charge in [-0.05, 0) is 48.7 Å². The molecule has 1 aromatic carbocycles. The standard InChI is InChI=1S/C25H24N6O2/c1-17-8-9-20(13-26-17)24-22(30(2)29-28-24)16-33-23-12-19-10-11-31(15-21(19)14-27-23)25(32)18-6-4-3-5-7-18/h3-9,12-14H,10-11,15-16H2,1-2H3. The van der Waals surface area contributed by atoms with Gasteiger partial charge < -0.3 is 9.64 Å². The summed E-state index contributed by atoms with van der Waals surface area (Å²) in [6, 6.07) is 15.3. The summed E-state index contributed by atoms with van der Waals surface area (Å²) < 4.78 is 7.72. The molecule has 0 bridgehead atoms. The minimum Gasteiger partial charge on any atom is -0.471 e. The molecule has 166 valence electrons. The van der Waals surface area contributed by atoms with Crippen molar-refractivity contribution in [2.75, 3.05) is 6.54 Å². The average Bonchev–Trinajstić information content (AvgIpc) is 3.23. The number of nitrogens with zero attached hydrogens (tertiary/aromatic N) is 6. The number of amides is 1. The van der Waals surface area contributed by atoms with E-state index < -0.39 is 0 Å². The fourth-order valence-electron chi connectivity index (χ4n) is 3.95. The number of pyridine rings is 2. The van der Waals surface area contributed by atoms with Gasteiger partial charge in [0.1, 0.15) is 18.0 Å². The van der Waals surface area contributed by atoms with Crippen LogP contribution in [-0.2, 0) is 26.6 Å². The Morgan fingerprint density at radius 2 is 1.91 bits per heavy atom. The normalized spacial score (nSPS) is 13.0. The Bertz CT molecular complexity index is 1280. The van der Waals surface area contributed by atoms with Crippen molar-refractivity contribution in [3.05, 3.63) is 89.0 Å². The lowest BCUT2D eigenvalue weighted by atomic mass is 10.0. The van der Waals surface area contributed by atoms with Crippen molar-refractivity contribution in [3.63, 3.8) is 0 Å². The molecule has 0 N–H and O–H groups in total. The molecule has 33 heavy (non-hydrogen) atoms. The van der Waals surface area contributed by atoms with Gasteiger partial charge in [0.15, 0.2) is 0 Å². The number of hydrogen-bond acceptors (Lipinski definition) is 6. The maximum atomic E-state index is 12.8. The van der Waals surface area contributed by atoms with Gasteiger partial charge in [-0.1, -0.05) is 23.4 Å². The van der Waals surface area contributed by atoms with Crippen molar-refractivity contribution in [1.29, 1.82) is 0 Å². The van der Waals surface area contributed by atoms with Crippen LogP contribution in [-0.4, -0.2) is 42.3 Å². The van der Waals surface area contributed by atoms with Gasteiger partial charge in [0.2, 0.25) is 5.88 Å². The molecule has 0 aliphatic carbocycles. The molecule has 1 amide bonds. The Balaban J connectivity index is 1.28. The SMILES string of the molecule is Cc1ccc(-c2nnn(C)c2COc2cc3c(cn2)CN(C(=O)c2ccccc2)CC3)cn1. The van der Waals surface area contributed by atoms with Crippen molar-refractivity contribution in [2.24, 2.45) is 7.05 Å². The zero-order valence-electron chi connectivity index (χ0n) is 18.6. The van der Waals surface area contributed by atoms with Crippen LogP contribution in [0.2, 0.25) is 0 Å². The number of fused-ring (bicyclic) bond motifs is 1. The maximum Gasteiger partial charge on any atom is 0.254 e. The van der Waals surface area contributed by atoms with Crippen LogP contribution in [0.15, 0.2) is 60.9 Å². The first-order chi connectivity index (χ1) is 16.1. The zero-order chi connectivity index (χ0) is 22.8. The minimum atomic E-state index is 0.0448. The second-order valence-electron chi connectivity index (χ2n) is 8.12. The summed E-state index contributed by atoms with van der Waals surface area (Å²) in [5.74, 6) is 0.592. The Kier molecular flexibility index (Phi) is 5.56. The summed E-state index contributed by atoms with van der Waals surface area (Å²) in [5.41, 5.74) is 6.35. The lowest BCUT2D eigenvalue weighted by Gasteiger charge is -2.29. The Labute approximate surface area is 191 Å². The molecule has 0 saturated heterocycles. The number of ether oxygens (including phenoxy) is 1. The molecule has 5 rings (SSSR count). The average molecular weight is 441 g/mol. The fourth-order valence-corrected chi connectivity index (χ4v) is 3.95. The second-order valence-corrected chi connectivity index (χ2v) is 8.12. The van der Waals surface area contributed by atoms with E-state index >= 15 is 0 Å². The molecule has 0 atom stereocenters. The highest BCUT2D eigenvalue weighted by Gasteiger charge is 2.23. The summed E-state index contributed by atoms with van der Waals surface area (Å²) in [4.78, 5) is 23.5. The largest absolute Gasteiger partial charge is 0.471 e. The molecular weight excluding hydrogens is 416 g/mol. The smallest absolute Gasteiger partial charge is 0.254 e. The van der Waals surface area contributed by atoms with Gasteiger partial charge >= 0.3 is 0 Å². The van der Waals surface area contributed by atoms with Crippen LogP contribution in [0.5, 0.6) is 5.88 Å². The van der Waals surface area contributed by atoms with Crippen molar-refractivity contribution in [3.8, 4) is 17.1 Å². The van der Waals surface area contributed by atoms with Crippen LogP contribution < -0.4 is 4.74 Å². The number of hydrogen-bond donors (Lipinski definition) is 0. The Hall–Kier alpha value is -4.07. The summed E-state index contributed by atoms with van der Waals surface area (Å²) in [7, 11) is 1.84. The molecule has 1 aliphatic rings. The highest BCUT2D eigenvalue weighted by Crippen LogP contribution is 2.25. The third kappa shape index (κ3) is 4.32. The van der Waals surface area contributed by atoms with Crippen LogP contribution in [0, 0.1) is 6.92 Å². The highest BCUT2D eigenvalue weighted by molar-refractivity contribution is 5.94. The number of benzene rings is 1. The van der Waals surface area contributed by atoms with E-state index in [4.69, 9.17) is 4.74 Å². The van der Waals surface area contributed by atoms with Gasteiger partial charge in [0.05, 0.1) is 0 Å². The van der Waals surface area contributed by atoms with Crippen molar-refractivity contribution < 1.29 is 9.53 Å². The van der Waals surface area contributed by atoms with E-state index in [2.05, 4.69) is 20.3 Å². The Morgan fingerprint density at radius 3 is 2.70 bits per heavy atom. The van der Waals surface area contributed by atoms with E-state index in [0.717, 1.165) is 40.2 Å². The van der Waals surface area contributed by atoms with Crippen molar-refractivity contribution in [1.82, 2.24) is 29.9 Å². The van der Waals surface area contributed by atoms with Crippen LogP contribution in [0.1, 0.15) is 32.9 Å². The molecule has 0 radical (unpaired) electrons. The number of carbonyl (C=O) groups is 1. The molecule has 8 nitrogen and oxygen atoms in total. The third-order valence-electron chi connectivity index (χ3n) is 5.86. The number of carbonyl (C=O) groups excluding carboxylic acids is 1. The van der Waals surface area contributed by atoms with E-state index in [1.807, 2.05) is 67.4 Å². The van der Waals surface area contributed by atoms with E-state index in [1.54, 1.807) is 17.1 Å². The van der Waals surface area contributed by atoms with Crippen LogP contribution >= 0.6 is 0 Å². The molecule has 0 fully saturated rings. The van der Waals surface area contributed by atoms with Crippen LogP contribution in [0.25, 0.3) is 11.3 Å². The molecule has 4 aromatic rings. The molecule has 8 heteroatoms. The molecule has 0 unspecified atom stereocenters. The summed E-state index contributed by atoms with van der Waals surface area (Å²) in [6.07, 6.45) is 4.37. The molecule has 1 aliphatic heterocycles. The van der Waals surface area contributed by atoms with Gasteiger partial charge in [-0.25, -0.2) is 9.67 Å². The second kappa shape index (κ2) is 8.82. The highest BCUT2D eigenvalue weighted by atomic mass is 16.5. The quantitative estimate of drug-likeness (QED) is 0.473. The summed E-state index contributed by atoms with van der Waals surface area (Å²) in [5, 5.41) is 8.43. The van der Waals surface area contributed by atoms with E-state index in [1.165, 1.54) is 0 Å². The first-order valence-corrected chi connectivity index (χ1v) is 10.8. The lowest BCUT2D eigenvalue weighted by molar-refractivity contribution is 0.0734. The zero-order valence-corrected chi connectivity index (χ0v) is 18.6. The molecule has 3 aromatic heterocycles. The van der Waals surface area contributed by atoms with Gasteiger partial charge in [0.25, 0.3) is 5.91 Å². The molecule has 4 heterocycles. The van der Waals surface area contributed by atoms with Gasteiger partial charge in [-0.15, -0.1) is 5.10 Å². The predicted octanol–water partition coefficient (Wildman–Crippen LogP) is 3.36. The van der Waals surface area contributed by atoms with Crippen molar-refractivity contribution in [2.45, 2.75) is 26.5 Å². The Morgan fingerprint density at radius 1 is 1.06 bits per heavy atom. The summed E-state index contributed by atoms with van der Waals surface area (Å²) in [6.45, 7) is 3.45. The monoisotopic (exact) mass is 440 g/mol. The molecular formula is C25H24N6O2. The van der Waals surface area contributed by atoms with Crippen molar-refractivity contribution >= 4 is 5.91 Å². The maximum absolute atomic E-state index is 12.8. The van der Waals surface area contributed by atoms with Gasteiger partial charge in [-0.3, -0.25) is 9.78 Å². The van der Waals surface area contributed by atoms with E-state index in [9.17, 15) is 4.79 Å². The first-order valence-electron chi connectivity index (χ1n) is 10.8. The number of rotatable bonds is 5. The number of aromatic nitrogens is 5. The van der Waals surface area contributed by atoms with E-state index in [0.29, 0.717) is 24.5 Å². The predicted molar refractivity (Wildman–Crippen MR) is 122 cm³/mol. The number of aryl methyl sites for hydroxylation is 2. The summed E-state index contributed by atoms with van der Waals surface area (Å²) >= 11 is 0. The first kappa shape index (κ1) is 20.8. The van der Waals surface area contributed by atoms with Gasteiger partial charge in [-0.2, -0.15) is 0 Å². The third-order valence-corrected chi connectivity index (χ3v) is 5.86. The van der Waals surface area contributed by atoms with E-state index in [-0.39, 0.29) is 12.5 Å². The van der Waals surface area contributed by atoms with Crippen LogP contribution in [0.4, 0.5) is 0 Å². The minimum absolute atomic E-state index is 0.0448. The lowest BCUT2D eigenvalue weighted by Crippen LogP contribution is -2.36.